The van der Waals surface area contributed by atoms with E-state index in [1.54, 1.807) is 11.8 Å². The van der Waals surface area contributed by atoms with Gasteiger partial charge in [-0.3, -0.25) is 0 Å². The van der Waals surface area contributed by atoms with E-state index in [1.807, 2.05) is 0 Å². The van der Waals surface area contributed by atoms with Crippen LogP contribution in [0.25, 0.3) is 10.4 Å². The topological polar surface area (TPSA) is 49.8 Å². The molecule has 0 radical (unpaired) electrons. The average molecular weight is 288 g/mol. The van der Waals surface area contributed by atoms with Gasteiger partial charge in [-0.05, 0) is 35.9 Å². The van der Waals surface area contributed by atoms with Crippen molar-refractivity contribution < 1.29 is 0 Å². The number of hydrogen-bond acceptors (Lipinski definition) is 4. The average Bonchev–Trinajstić information content (AvgIpc) is 2.76. The molecule has 2 N–H and O–H groups in total. The summed E-state index contributed by atoms with van der Waals surface area (Å²) in [6, 6.07) is 10.6. The summed E-state index contributed by atoms with van der Waals surface area (Å²) < 4.78 is 0. The van der Waals surface area contributed by atoms with E-state index in [9.17, 15) is 0 Å². The Balaban J connectivity index is 2.50. The molecule has 0 atom stereocenters. The molecule has 0 bridgehead atoms. The summed E-state index contributed by atoms with van der Waals surface area (Å²) >= 11 is 3.23. The fraction of sp³-hybridized carbons (Fsp3) is 0.267. The van der Waals surface area contributed by atoms with Gasteiger partial charge in [0.2, 0.25) is 0 Å². The van der Waals surface area contributed by atoms with E-state index in [0.717, 1.165) is 28.8 Å². The van der Waals surface area contributed by atoms with Gasteiger partial charge in [-0.1, -0.05) is 25.5 Å². The van der Waals surface area contributed by atoms with Gasteiger partial charge in [-0.2, -0.15) is 5.26 Å². The second-order valence-corrected chi connectivity index (χ2v) is 6.14. The van der Waals surface area contributed by atoms with Crippen molar-refractivity contribution in [1.82, 2.24) is 0 Å². The molecule has 0 amide bonds. The summed E-state index contributed by atoms with van der Waals surface area (Å²) in [4.78, 5) is 3.02. The first-order valence-corrected chi connectivity index (χ1v) is 8.21. The number of nitrogens with two attached hydrogens (primary N) is 1. The molecule has 0 saturated carbocycles. The van der Waals surface area contributed by atoms with Crippen LogP contribution in [0.1, 0.15) is 23.8 Å². The Bertz CT molecular complexity index is 606. The SMILES string of the molecule is CCCc1c(-c2ccc(SC)cc2)sc(C#N)c1N. The molecular weight excluding hydrogens is 272 g/mol. The van der Waals surface area contributed by atoms with Crippen LogP contribution in [0.15, 0.2) is 29.2 Å². The van der Waals surface area contributed by atoms with E-state index in [4.69, 9.17) is 11.0 Å². The minimum absolute atomic E-state index is 0.632. The maximum Gasteiger partial charge on any atom is 0.128 e. The highest BCUT2D eigenvalue weighted by atomic mass is 32.2. The lowest BCUT2D eigenvalue weighted by Gasteiger charge is -2.05. The van der Waals surface area contributed by atoms with E-state index < -0.39 is 0 Å². The van der Waals surface area contributed by atoms with Gasteiger partial charge in [-0.25, -0.2) is 0 Å². The number of thioether (sulfide) groups is 1. The smallest absolute Gasteiger partial charge is 0.128 e. The lowest BCUT2D eigenvalue weighted by molar-refractivity contribution is 0.930. The molecule has 2 rings (SSSR count). The van der Waals surface area contributed by atoms with Gasteiger partial charge >= 0.3 is 0 Å². The van der Waals surface area contributed by atoms with Crippen molar-refractivity contribution in [2.24, 2.45) is 0 Å². The van der Waals surface area contributed by atoms with E-state index in [-0.39, 0.29) is 0 Å². The van der Waals surface area contributed by atoms with Crippen LogP contribution in [0.3, 0.4) is 0 Å². The summed E-state index contributed by atoms with van der Waals surface area (Å²) in [5.74, 6) is 0. The fourth-order valence-electron chi connectivity index (χ4n) is 2.03. The van der Waals surface area contributed by atoms with E-state index in [0.29, 0.717) is 10.6 Å². The van der Waals surface area contributed by atoms with Crippen molar-refractivity contribution in [3.05, 3.63) is 34.7 Å². The van der Waals surface area contributed by atoms with E-state index in [1.165, 1.54) is 16.2 Å². The monoisotopic (exact) mass is 288 g/mol. The molecule has 0 fully saturated rings. The Kier molecular flexibility index (Phi) is 4.52. The Labute approximate surface area is 122 Å². The van der Waals surface area contributed by atoms with E-state index in [2.05, 4.69) is 43.5 Å². The first-order chi connectivity index (χ1) is 9.21. The predicted molar refractivity (Wildman–Crippen MR) is 84.7 cm³/mol. The molecule has 1 heterocycles. The molecule has 19 heavy (non-hydrogen) atoms. The van der Waals surface area contributed by atoms with Crippen LogP contribution in [-0.2, 0) is 6.42 Å². The fourth-order valence-corrected chi connectivity index (χ4v) is 3.52. The van der Waals surface area contributed by atoms with Crippen LogP contribution in [0.2, 0.25) is 0 Å². The summed E-state index contributed by atoms with van der Waals surface area (Å²) in [5.41, 5.74) is 9.02. The minimum atomic E-state index is 0.632. The summed E-state index contributed by atoms with van der Waals surface area (Å²) in [7, 11) is 0. The predicted octanol–water partition coefficient (Wildman–Crippen LogP) is 4.54. The van der Waals surface area contributed by atoms with Crippen molar-refractivity contribution in [3.63, 3.8) is 0 Å². The zero-order chi connectivity index (χ0) is 13.8. The van der Waals surface area contributed by atoms with Crippen molar-refractivity contribution in [2.45, 2.75) is 24.7 Å². The molecule has 1 aromatic heterocycles. The number of nitriles is 1. The zero-order valence-corrected chi connectivity index (χ0v) is 12.7. The van der Waals surface area contributed by atoms with Gasteiger partial charge in [0.15, 0.2) is 0 Å². The van der Waals surface area contributed by atoms with Crippen molar-refractivity contribution in [2.75, 3.05) is 12.0 Å². The molecule has 0 unspecified atom stereocenters. The largest absolute Gasteiger partial charge is 0.397 e. The van der Waals surface area contributed by atoms with E-state index >= 15 is 0 Å². The number of hydrogen-bond donors (Lipinski definition) is 1. The highest BCUT2D eigenvalue weighted by Crippen LogP contribution is 2.39. The van der Waals surface area contributed by atoms with Crippen LogP contribution >= 0.6 is 23.1 Å². The Hall–Kier alpha value is -1.44. The normalized spacial score (nSPS) is 10.4. The number of rotatable bonds is 4. The molecule has 0 spiro atoms. The highest BCUT2D eigenvalue weighted by molar-refractivity contribution is 7.98. The number of benzene rings is 1. The maximum absolute atomic E-state index is 9.13. The molecule has 4 heteroatoms. The van der Waals surface area contributed by atoms with Gasteiger partial charge in [0.05, 0.1) is 5.69 Å². The van der Waals surface area contributed by atoms with Gasteiger partial charge in [0.25, 0.3) is 0 Å². The quantitative estimate of drug-likeness (QED) is 0.840. The molecule has 2 aromatic rings. The van der Waals surface area contributed by atoms with Crippen LogP contribution in [0.4, 0.5) is 5.69 Å². The standard InChI is InChI=1S/C15H16N2S2/c1-3-4-12-14(17)13(9-16)19-15(12)10-5-7-11(18-2)8-6-10/h5-8H,3-4,17H2,1-2H3. The van der Waals surface area contributed by atoms with Crippen molar-refractivity contribution in [1.29, 1.82) is 5.26 Å². The molecule has 0 aliphatic heterocycles. The second-order valence-electron chi connectivity index (χ2n) is 4.24. The summed E-state index contributed by atoms with van der Waals surface area (Å²) in [5, 5.41) is 9.13. The van der Waals surface area contributed by atoms with Crippen molar-refractivity contribution >= 4 is 28.8 Å². The second kappa shape index (κ2) is 6.14. The summed E-state index contributed by atoms with van der Waals surface area (Å²) in [6.07, 6.45) is 4.01. The molecule has 0 aliphatic rings. The number of thiophene rings is 1. The Morgan fingerprint density at radius 2 is 2.00 bits per heavy atom. The van der Waals surface area contributed by atoms with Crippen LogP contribution < -0.4 is 5.73 Å². The lowest BCUT2D eigenvalue weighted by atomic mass is 10.0. The minimum Gasteiger partial charge on any atom is -0.397 e. The van der Waals surface area contributed by atoms with Crippen LogP contribution in [-0.4, -0.2) is 6.26 Å². The maximum atomic E-state index is 9.13. The van der Waals surface area contributed by atoms with Gasteiger partial charge < -0.3 is 5.73 Å². The molecule has 1 aromatic carbocycles. The van der Waals surface area contributed by atoms with Crippen LogP contribution in [0, 0.1) is 11.3 Å². The van der Waals surface area contributed by atoms with Gasteiger partial charge in [0, 0.05) is 9.77 Å². The molecule has 0 aliphatic carbocycles. The molecular formula is C15H16N2S2. The third-order valence-electron chi connectivity index (χ3n) is 3.00. The molecule has 0 saturated heterocycles. The molecule has 98 valence electrons. The first-order valence-electron chi connectivity index (χ1n) is 6.16. The van der Waals surface area contributed by atoms with Gasteiger partial charge in [-0.15, -0.1) is 23.1 Å². The Morgan fingerprint density at radius 1 is 1.32 bits per heavy atom. The lowest BCUT2D eigenvalue weighted by Crippen LogP contribution is -1.93. The van der Waals surface area contributed by atoms with Crippen LogP contribution in [0.5, 0.6) is 0 Å². The summed E-state index contributed by atoms with van der Waals surface area (Å²) in [6.45, 7) is 2.13. The Morgan fingerprint density at radius 3 is 2.53 bits per heavy atom. The zero-order valence-electron chi connectivity index (χ0n) is 11.1. The number of anilines is 1. The first kappa shape index (κ1) is 14.0. The highest BCUT2D eigenvalue weighted by Gasteiger charge is 2.16. The third kappa shape index (κ3) is 2.78. The number of nitrogens with zero attached hydrogens (tertiary/aromatic N) is 1. The number of nitrogen functional groups attached to an aromatic ring is 1. The third-order valence-corrected chi connectivity index (χ3v) is 4.95. The van der Waals surface area contributed by atoms with Gasteiger partial charge in [0.1, 0.15) is 10.9 Å². The van der Waals surface area contributed by atoms with Crippen molar-refractivity contribution in [3.8, 4) is 16.5 Å². The molecule has 2 nitrogen and oxygen atoms in total.